The number of H-pyrrole nitrogens is 2. The van der Waals surface area contributed by atoms with E-state index >= 15 is 0 Å². The smallest absolute Gasteiger partial charge is 0.292 e. The third-order valence-corrected chi connectivity index (χ3v) is 8.76. The molecular weight excluding hydrogens is 716 g/mol. The summed E-state index contributed by atoms with van der Waals surface area (Å²) in [4.78, 5) is 55.7. The van der Waals surface area contributed by atoms with Gasteiger partial charge in [-0.1, -0.05) is 69.7 Å². The summed E-state index contributed by atoms with van der Waals surface area (Å²) in [7, 11) is 0. The Morgan fingerprint density at radius 1 is 0.522 bits per heavy atom. The highest BCUT2D eigenvalue weighted by molar-refractivity contribution is 9.10. The van der Waals surface area contributed by atoms with E-state index in [0.29, 0.717) is 24.2 Å². The molecule has 0 saturated heterocycles. The van der Waals surface area contributed by atoms with Crippen LogP contribution >= 0.6 is 31.9 Å². The summed E-state index contributed by atoms with van der Waals surface area (Å²) in [5.41, 5.74) is 2.40. The summed E-state index contributed by atoms with van der Waals surface area (Å²) in [5, 5.41) is 13.7. The molecule has 12 heteroatoms. The van der Waals surface area contributed by atoms with Gasteiger partial charge in [-0.2, -0.15) is 0 Å². The second-order valence-electron chi connectivity index (χ2n) is 11.3. The Balaban J connectivity index is 0.909. The summed E-state index contributed by atoms with van der Waals surface area (Å²) in [6, 6.07) is 11.1. The van der Waals surface area contributed by atoms with E-state index in [9.17, 15) is 19.2 Å². The zero-order valence-corrected chi connectivity index (χ0v) is 29.1. The van der Waals surface area contributed by atoms with Gasteiger partial charge in [-0.25, -0.2) is 0 Å². The Morgan fingerprint density at radius 2 is 0.913 bits per heavy atom. The van der Waals surface area contributed by atoms with E-state index in [-0.39, 0.29) is 0 Å². The first-order valence-electron chi connectivity index (χ1n) is 15.9. The Bertz CT molecular complexity index is 1510. The minimum Gasteiger partial charge on any atom is -0.360 e. The molecular formula is C34H42Br2N6O4. The predicted molar refractivity (Wildman–Crippen MR) is 189 cm³/mol. The van der Waals surface area contributed by atoms with Crippen molar-refractivity contribution in [2.45, 2.75) is 51.4 Å². The number of fused-ring (bicyclic) bond motifs is 2. The van der Waals surface area contributed by atoms with Gasteiger partial charge in [0.15, 0.2) is 0 Å². The molecule has 2 heterocycles. The van der Waals surface area contributed by atoms with Crippen molar-refractivity contribution in [3.8, 4) is 0 Å². The highest BCUT2D eigenvalue weighted by Crippen LogP contribution is 2.24. The van der Waals surface area contributed by atoms with E-state index in [1.807, 2.05) is 36.4 Å². The number of Topliss-reactive ketones (excluding diaryl/α,β-unsaturated/α-hetero) is 2. The van der Waals surface area contributed by atoms with Crippen molar-refractivity contribution in [1.82, 2.24) is 31.2 Å². The van der Waals surface area contributed by atoms with E-state index in [1.165, 1.54) is 25.7 Å². The lowest BCUT2D eigenvalue weighted by atomic mass is 10.1. The first-order chi connectivity index (χ1) is 22.3. The fraction of sp³-hybridized carbons (Fsp3) is 0.412. The average molecular weight is 759 g/mol. The van der Waals surface area contributed by atoms with Crippen molar-refractivity contribution >= 4 is 77.0 Å². The van der Waals surface area contributed by atoms with Crippen LogP contribution in [0.4, 0.5) is 0 Å². The van der Waals surface area contributed by atoms with Gasteiger partial charge >= 0.3 is 0 Å². The quantitative estimate of drug-likeness (QED) is 0.0361. The third kappa shape index (κ3) is 10.6. The number of aromatic amines is 2. The van der Waals surface area contributed by atoms with Crippen LogP contribution in [-0.2, 0) is 9.59 Å². The molecule has 6 N–H and O–H groups in total. The van der Waals surface area contributed by atoms with Crippen LogP contribution in [0.15, 0.2) is 57.7 Å². The predicted octanol–water partition coefficient (Wildman–Crippen LogP) is 5.77. The second-order valence-corrected chi connectivity index (χ2v) is 13.1. The van der Waals surface area contributed by atoms with E-state index in [1.54, 1.807) is 12.4 Å². The Labute approximate surface area is 285 Å². The zero-order chi connectivity index (χ0) is 32.7. The lowest BCUT2D eigenvalue weighted by Crippen LogP contribution is -2.33. The summed E-state index contributed by atoms with van der Waals surface area (Å²) in [5.74, 6) is -2.20. The molecule has 0 saturated carbocycles. The van der Waals surface area contributed by atoms with Crippen LogP contribution < -0.4 is 21.3 Å². The molecule has 0 fully saturated rings. The molecule has 10 nitrogen and oxygen atoms in total. The number of amides is 2. The molecule has 0 unspecified atom stereocenters. The maximum atomic E-state index is 12.5. The van der Waals surface area contributed by atoms with Crippen LogP contribution in [0, 0.1) is 0 Å². The Morgan fingerprint density at radius 3 is 1.35 bits per heavy atom. The minimum absolute atomic E-state index is 0.388. The van der Waals surface area contributed by atoms with Gasteiger partial charge in [0.1, 0.15) is 0 Å². The first-order valence-corrected chi connectivity index (χ1v) is 17.5. The van der Waals surface area contributed by atoms with Gasteiger partial charge in [0.05, 0.1) is 11.1 Å². The number of carbonyl (C=O) groups excluding carboxylic acids is 4. The van der Waals surface area contributed by atoms with Gasteiger partial charge in [0, 0.05) is 56.2 Å². The average Bonchev–Trinajstić information content (AvgIpc) is 3.66. The van der Waals surface area contributed by atoms with Crippen LogP contribution in [0.2, 0.25) is 0 Å². The number of unbranched alkanes of at least 4 members (excludes halogenated alkanes) is 5. The maximum absolute atomic E-state index is 12.5. The molecule has 0 aliphatic rings. The number of halogens is 2. The normalized spacial score (nSPS) is 11.3. The van der Waals surface area contributed by atoms with Crippen LogP contribution in [0.1, 0.15) is 72.1 Å². The Hall–Kier alpha value is -3.32. The topological polar surface area (TPSA) is 148 Å². The minimum atomic E-state index is -0.577. The lowest BCUT2D eigenvalue weighted by Gasteiger charge is -2.07. The first kappa shape index (κ1) is 35.5. The number of aromatic nitrogens is 2. The van der Waals surface area contributed by atoms with E-state index in [0.717, 1.165) is 82.6 Å². The summed E-state index contributed by atoms with van der Waals surface area (Å²) < 4.78 is 1.81. The van der Waals surface area contributed by atoms with E-state index in [2.05, 4.69) is 63.1 Å². The molecule has 246 valence electrons. The van der Waals surface area contributed by atoms with Gasteiger partial charge in [-0.15, -0.1) is 0 Å². The van der Waals surface area contributed by atoms with Crippen molar-refractivity contribution in [3.63, 3.8) is 0 Å². The molecule has 46 heavy (non-hydrogen) atoms. The van der Waals surface area contributed by atoms with Crippen LogP contribution in [-0.4, -0.2) is 72.6 Å². The molecule has 2 aromatic carbocycles. The SMILES string of the molecule is O=C(NCCCNCCCCCCCCNCCCNC(=O)C(=O)c1c[nH]c2cc(Br)ccc12)C(=O)c1c[nH]c2cc(Br)ccc12. The molecule has 0 radical (unpaired) electrons. The fourth-order valence-corrected chi connectivity index (χ4v) is 5.99. The van der Waals surface area contributed by atoms with Crippen molar-refractivity contribution in [2.75, 3.05) is 39.3 Å². The molecule has 0 atom stereocenters. The van der Waals surface area contributed by atoms with Gasteiger partial charge < -0.3 is 31.2 Å². The number of nitrogens with one attached hydrogen (secondary N) is 6. The Kier molecular flexibility index (Phi) is 14.5. The monoisotopic (exact) mass is 756 g/mol. The number of hydrogen-bond acceptors (Lipinski definition) is 6. The van der Waals surface area contributed by atoms with E-state index < -0.39 is 23.4 Å². The van der Waals surface area contributed by atoms with Crippen molar-refractivity contribution < 1.29 is 19.2 Å². The highest BCUT2D eigenvalue weighted by Gasteiger charge is 2.20. The second kappa shape index (κ2) is 18.7. The maximum Gasteiger partial charge on any atom is 0.292 e. The number of ketones is 2. The van der Waals surface area contributed by atoms with Crippen LogP contribution in [0.5, 0.6) is 0 Å². The van der Waals surface area contributed by atoms with Crippen LogP contribution in [0.3, 0.4) is 0 Å². The highest BCUT2D eigenvalue weighted by atomic mass is 79.9. The molecule has 4 rings (SSSR count). The molecule has 2 aromatic heterocycles. The molecule has 0 aliphatic heterocycles. The molecule has 0 spiro atoms. The number of carbonyl (C=O) groups is 4. The van der Waals surface area contributed by atoms with Gasteiger partial charge in [0.25, 0.3) is 23.4 Å². The van der Waals surface area contributed by atoms with E-state index in [4.69, 9.17) is 0 Å². The van der Waals surface area contributed by atoms with Gasteiger partial charge in [-0.05, 0) is 76.1 Å². The summed E-state index contributed by atoms with van der Waals surface area (Å²) in [6.07, 6.45) is 11.7. The lowest BCUT2D eigenvalue weighted by molar-refractivity contribution is -0.117. The third-order valence-electron chi connectivity index (χ3n) is 7.78. The number of rotatable bonds is 21. The van der Waals surface area contributed by atoms with Crippen molar-refractivity contribution in [3.05, 3.63) is 68.9 Å². The number of benzene rings is 2. The molecule has 0 bridgehead atoms. The summed E-state index contributed by atoms with van der Waals surface area (Å²) >= 11 is 6.81. The molecule has 0 aliphatic carbocycles. The zero-order valence-electron chi connectivity index (χ0n) is 25.9. The van der Waals surface area contributed by atoms with Crippen LogP contribution in [0.25, 0.3) is 21.8 Å². The largest absolute Gasteiger partial charge is 0.360 e. The van der Waals surface area contributed by atoms with Gasteiger partial charge in [-0.3, -0.25) is 19.2 Å². The summed E-state index contributed by atoms with van der Waals surface area (Å²) in [6.45, 7) is 4.39. The standard InChI is InChI=1S/C34H42Br2N6O4/c35-23-9-11-25-27(21-41-29(25)19-23)31(43)33(45)39-17-7-15-37-13-5-3-1-2-4-6-14-38-16-8-18-40-34(46)32(44)28-22-42-30-20-24(36)10-12-26(28)30/h9-12,19-22,37-38,41-42H,1-8,13-18H2,(H,39,45)(H,40,46). The van der Waals surface area contributed by atoms with Gasteiger partial charge in [0.2, 0.25) is 0 Å². The number of hydrogen-bond donors (Lipinski definition) is 6. The van der Waals surface area contributed by atoms with Crippen molar-refractivity contribution in [1.29, 1.82) is 0 Å². The fourth-order valence-electron chi connectivity index (χ4n) is 5.27. The van der Waals surface area contributed by atoms with Crippen molar-refractivity contribution in [2.24, 2.45) is 0 Å². The molecule has 2 amide bonds. The molecule has 4 aromatic rings.